The van der Waals surface area contributed by atoms with Crippen molar-refractivity contribution in [3.8, 4) is 17.0 Å². The highest BCUT2D eigenvalue weighted by Crippen LogP contribution is 2.49. The number of nitrogens with two attached hydrogens (primary N) is 1. The Morgan fingerprint density at radius 2 is 1.86 bits per heavy atom. The number of pyridine rings is 2. The van der Waals surface area contributed by atoms with Crippen LogP contribution in [0, 0.1) is 18.6 Å². The summed E-state index contributed by atoms with van der Waals surface area (Å²) in [6.45, 7) is 1.14. The van der Waals surface area contributed by atoms with Crippen LogP contribution in [-0.2, 0) is 15.8 Å². The number of hydrogen-bond acceptors (Lipinski definition) is 6. The van der Waals surface area contributed by atoms with Crippen molar-refractivity contribution in [2.45, 2.75) is 31.0 Å². The second-order valence-electron chi connectivity index (χ2n) is 10.5. The number of rotatable bonds is 6. The molecule has 5 rings (SSSR count). The van der Waals surface area contributed by atoms with E-state index in [9.17, 15) is 36.6 Å². The van der Waals surface area contributed by atoms with Gasteiger partial charge in [0.2, 0.25) is 11.5 Å². The molecule has 8 nitrogen and oxygen atoms in total. The Kier molecular flexibility index (Phi) is 7.71. The predicted molar refractivity (Wildman–Crippen MR) is 150 cm³/mol. The molecule has 0 saturated heterocycles. The molecule has 4 N–H and O–H groups in total. The van der Waals surface area contributed by atoms with Crippen LogP contribution in [0.1, 0.15) is 34.1 Å². The second kappa shape index (κ2) is 10.8. The average molecular weight is 655 g/mol. The third-order valence-electron chi connectivity index (χ3n) is 7.44. The van der Waals surface area contributed by atoms with Gasteiger partial charge >= 0.3 is 6.18 Å². The van der Waals surface area contributed by atoms with Gasteiger partial charge in [-0.2, -0.15) is 13.2 Å². The topological polar surface area (TPSA) is 127 Å². The molecule has 2 atom stereocenters. The Labute approximate surface area is 255 Å². The van der Waals surface area contributed by atoms with Crippen LogP contribution in [0.15, 0.2) is 42.6 Å². The SMILES string of the molecule is Cc1cnc2c(Cl)cc(C(=O)NCC(O)(c3cc4c(c(-c5ccc(F)c(F)c5Cl)n3)OC[C@]4(C)C(N)=O)C(F)(F)F)cc2c1. The first kappa shape index (κ1) is 31.4. The zero-order valence-electron chi connectivity index (χ0n) is 22.7. The van der Waals surface area contributed by atoms with Crippen LogP contribution >= 0.6 is 23.2 Å². The number of primary amides is 1. The van der Waals surface area contributed by atoms with Gasteiger partial charge in [-0.3, -0.25) is 14.6 Å². The van der Waals surface area contributed by atoms with E-state index in [0.29, 0.717) is 17.0 Å². The maximum Gasteiger partial charge on any atom is 0.424 e. The lowest BCUT2D eigenvalue weighted by atomic mass is 9.81. The van der Waals surface area contributed by atoms with E-state index >= 15 is 0 Å². The molecule has 4 aromatic rings. The number of hydrogen-bond donors (Lipinski definition) is 3. The third kappa shape index (κ3) is 5.08. The first-order valence-electron chi connectivity index (χ1n) is 12.7. The van der Waals surface area contributed by atoms with Crippen LogP contribution in [0.3, 0.4) is 0 Å². The lowest BCUT2D eigenvalue weighted by molar-refractivity contribution is -0.265. The number of carbonyl (C=O) groups excluding carboxylic acids is 2. The highest BCUT2D eigenvalue weighted by molar-refractivity contribution is 6.35. The van der Waals surface area contributed by atoms with E-state index in [-0.39, 0.29) is 27.5 Å². The van der Waals surface area contributed by atoms with Crippen LogP contribution in [-0.4, -0.2) is 46.2 Å². The second-order valence-corrected chi connectivity index (χ2v) is 11.3. The maximum absolute atomic E-state index is 14.7. The van der Waals surface area contributed by atoms with Gasteiger partial charge in [-0.1, -0.05) is 23.2 Å². The number of alkyl halides is 3. The number of amides is 2. The lowest BCUT2D eigenvalue weighted by Gasteiger charge is -2.31. The van der Waals surface area contributed by atoms with Crippen LogP contribution in [0.4, 0.5) is 22.0 Å². The number of aromatic nitrogens is 2. The van der Waals surface area contributed by atoms with Crippen molar-refractivity contribution < 1.29 is 41.4 Å². The first-order valence-corrected chi connectivity index (χ1v) is 13.5. The molecule has 15 heteroatoms. The number of fused-ring (bicyclic) bond motifs is 2. The van der Waals surface area contributed by atoms with E-state index in [0.717, 1.165) is 17.7 Å². The summed E-state index contributed by atoms with van der Waals surface area (Å²) >= 11 is 12.2. The Morgan fingerprint density at radius 3 is 2.52 bits per heavy atom. The zero-order valence-corrected chi connectivity index (χ0v) is 24.3. The number of aliphatic hydroxyl groups is 1. The normalized spacial score (nSPS) is 17.6. The van der Waals surface area contributed by atoms with E-state index < -0.39 is 70.2 Å². The molecule has 0 bridgehead atoms. The number of halogens is 7. The molecule has 0 aliphatic carbocycles. The molecular formula is C29H21Cl2F5N4O4. The summed E-state index contributed by atoms with van der Waals surface area (Å²) in [6, 6.07) is 6.64. The van der Waals surface area contributed by atoms with Gasteiger partial charge in [0, 0.05) is 28.3 Å². The summed E-state index contributed by atoms with van der Waals surface area (Å²) in [5, 5.41) is 12.9. The van der Waals surface area contributed by atoms with E-state index in [1.54, 1.807) is 19.2 Å². The van der Waals surface area contributed by atoms with Gasteiger partial charge in [-0.05, 0) is 55.8 Å². The van der Waals surface area contributed by atoms with Gasteiger partial charge in [0.15, 0.2) is 11.6 Å². The van der Waals surface area contributed by atoms with E-state index in [1.807, 2.05) is 0 Å². The molecule has 0 saturated carbocycles. The molecule has 0 radical (unpaired) electrons. The number of ether oxygens (including phenoxy) is 1. The fourth-order valence-electron chi connectivity index (χ4n) is 4.78. The van der Waals surface area contributed by atoms with Crippen molar-refractivity contribution in [1.29, 1.82) is 0 Å². The van der Waals surface area contributed by atoms with Gasteiger partial charge < -0.3 is 20.9 Å². The molecule has 1 aliphatic rings. The highest BCUT2D eigenvalue weighted by Gasteiger charge is 2.57. The molecule has 3 heterocycles. The van der Waals surface area contributed by atoms with Gasteiger partial charge in [-0.15, -0.1) is 0 Å². The fraction of sp³-hybridized carbons (Fsp3) is 0.241. The monoisotopic (exact) mass is 654 g/mol. The molecule has 230 valence electrons. The predicted octanol–water partition coefficient (Wildman–Crippen LogP) is 5.51. The number of aryl methyl sites for hydroxylation is 1. The molecular weight excluding hydrogens is 634 g/mol. The van der Waals surface area contributed by atoms with Crippen LogP contribution in [0.5, 0.6) is 5.75 Å². The van der Waals surface area contributed by atoms with E-state index in [1.165, 1.54) is 19.1 Å². The summed E-state index contributed by atoms with van der Waals surface area (Å²) in [4.78, 5) is 33.6. The molecule has 2 aromatic carbocycles. The minimum atomic E-state index is -5.47. The molecule has 2 amide bonds. The van der Waals surface area contributed by atoms with Gasteiger partial charge in [-0.25, -0.2) is 13.8 Å². The van der Waals surface area contributed by atoms with Gasteiger partial charge in [0.05, 0.1) is 27.8 Å². The summed E-state index contributed by atoms with van der Waals surface area (Å²) in [6.07, 6.45) is -3.92. The molecule has 1 unspecified atom stereocenters. The number of nitrogens with one attached hydrogen (secondary N) is 1. The van der Waals surface area contributed by atoms with Crippen LogP contribution in [0.25, 0.3) is 22.2 Å². The van der Waals surface area contributed by atoms with Crippen molar-refractivity contribution in [2.75, 3.05) is 13.2 Å². The Bertz CT molecular complexity index is 1870. The summed E-state index contributed by atoms with van der Waals surface area (Å²) < 4.78 is 77.8. The van der Waals surface area contributed by atoms with Crippen LogP contribution < -0.4 is 15.8 Å². The van der Waals surface area contributed by atoms with Crippen molar-refractivity contribution >= 4 is 45.9 Å². The third-order valence-corrected chi connectivity index (χ3v) is 8.10. The Hall–Kier alpha value is -4.07. The van der Waals surface area contributed by atoms with E-state index in [4.69, 9.17) is 33.7 Å². The Morgan fingerprint density at radius 1 is 1.16 bits per heavy atom. The quantitative estimate of drug-likeness (QED) is 0.186. The van der Waals surface area contributed by atoms with Crippen molar-refractivity contribution in [3.63, 3.8) is 0 Å². The van der Waals surface area contributed by atoms with Crippen molar-refractivity contribution in [2.24, 2.45) is 5.73 Å². The molecule has 0 spiro atoms. The minimum absolute atomic E-state index is 0.0674. The standard InChI is InChI=1S/C29H21Cl2F5N4O4/c1-12-5-13-6-14(7-17(30)22(13)38-9-12)25(41)39-10-28(43,29(34,35)36)19-8-16-24(44-11-27(16,2)26(37)42)23(40-19)15-3-4-18(32)21(33)20(15)31/h3-9,43H,10-11H2,1-2H3,(H2,37,42)(H,39,41)/t27-,28?/m0/s1. The van der Waals surface area contributed by atoms with Crippen LogP contribution in [0.2, 0.25) is 10.0 Å². The lowest BCUT2D eigenvalue weighted by Crippen LogP contribution is -2.51. The first-order chi connectivity index (χ1) is 20.5. The molecule has 44 heavy (non-hydrogen) atoms. The molecule has 2 aromatic heterocycles. The number of carbonyl (C=O) groups is 2. The zero-order chi connectivity index (χ0) is 32.4. The van der Waals surface area contributed by atoms with E-state index in [2.05, 4.69) is 15.3 Å². The fourth-order valence-corrected chi connectivity index (χ4v) is 5.30. The van der Waals surface area contributed by atoms with Gasteiger partial charge in [0.1, 0.15) is 23.5 Å². The Balaban J connectivity index is 1.63. The largest absolute Gasteiger partial charge is 0.489 e. The maximum atomic E-state index is 14.7. The van der Waals surface area contributed by atoms with Crippen molar-refractivity contribution in [3.05, 3.63) is 86.7 Å². The highest BCUT2D eigenvalue weighted by atomic mass is 35.5. The molecule has 0 fully saturated rings. The summed E-state index contributed by atoms with van der Waals surface area (Å²) in [7, 11) is 0. The minimum Gasteiger partial charge on any atom is -0.489 e. The molecule has 1 aliphatic heterocycles. The smallest absolute Gasteiger partial charge is 0.424 e. The number of benzene rings is 2. The average Bonchev–Trinajstić information content (AvgIpc) is 3.31. The van der Waals surface area contributed by atoms with Gasteiger partial charge in [0.25, 0.3) is 5.91 Å². The van der Waals surface area contributed by atoms with Crippen molar-refractivity contribution in [1.82, 2.24) is 15.3 Å². The summed E-state index contributed by atoms with van der Waals surface area (Å²) in [5.74, 6) is -5.14. The number of nitrogens with zero attached hydrogens (tertiary/aromatic N) is 2. The summed E-state index contributed by atoms with van der Waals surface area (Å²) in [5.41, 5.74) is -1.29.